The van der Waals surface area contributed by atoms with E-state index in [4.69, 9.17) is 10.8 Å². The predicted molar refractivity (Wildman–Crippen MR) is 68.8 cm³/mol. The predicted octanol–water partition coefficient (Wildman–Crippen LogP) is 0.855. The molecule has 5 nitrogen and oxygen atoms in total. The van der Waals surface area contributed by atoms with E-state index in [0.717, 1.165) is 6.26 Å². The summed E-state index contributed by atoms with van der Waals surface area (Å²) in [5.74, 6) is 0. The van der Waals surface area contributed by atoms with Gasteiger partial charge in [-0.1, -0.05) is 6.07 Å². The molecule has 1 atom stereocenters. The molecule has 1 aromatic carbocycles. The van der Waals surface area contributed by atoms with Crippen LogP contribution in [0.1, 0.15) is 13.3 Å². The van der Waals surface area contributed by atoms with Crippen molar-refractivity contribution in [3.8, 4) is 0 Å². The molecule has 0 heterocycles. The van der Waals surface area contributed by atoms with Gasteiger partial charge in [0.25, 0.3) is 0 Å². The Morgan fingerprint density at radius 1 is 1.47 bits per heavy atom. The third kappa shape index (κ3) is 3.90. The van der Waals surface area contributed by atoms with Crippen LogP contribution in [0.4, 0.5) is 11.4 Å². The average Bonchev–Trinajstić information content (AvgIpc) is 2.18. The van der Waals surface area contributed by atoms with Gasteiger partial charge >= 0.3 is 0 Å². The highest BCUT2D eigenvalue weighted by atomic mass is 32.2. The number of sulfone groups is 1. The number of aliphatic hydroxyl groups is 1. The van der Waals surface area contributed by atoms with Crippen molar-refractivity contribution < 1.29 is 13.5 Å². The summed E-state index contributed by atoms with van der Waals surface area (Å²) in [5.41, 5.74) is 6.58. The lowest BCUT2D eigenvalue weighted by Crippen LogP contribution is -2.12. The summed E-state index contributed by atoms with van der Waals surface area (Å²) in [6.07, 6.45) is 1.29. The van der Waals surface area contributed by atoms with E-state index in [9.17, 15) is 8.42 Å². The molecule has 1 rings (SSSR count). The lowest BCUT2D eigenvalue weighted by Gasteiger charge is -2.12. The molecule has 96 valence electrons. The Morgan fingerprint density at radius 3 is 2.65 bits per heavy atom. The second-order valence-corrected chi connectivity index (χ2v) is 6.04. The zero-order chi connectivity index (χ0) is 13.1. The molecule has 0 aliphatic heterocycles. The standard InChI is InChI=1S/C11H18N2O3S/c1-8(14)6-7-13-9-4-3-5-10(11(9)12)17(2,15)16/h3-5,8,13-14H,6-7,12H2,1-2H3. The number of hydrogen-bond acceptors (Lipinski definition) is 5. The minimum atomic E-state index is -3.31. The molecule has 0 radical (unpaired) electrons. The number of rotatable bonds is 5. The van der Waals surface area contributed by atoms with Crippen molar-refractivity contribution in [2.45, 2.75) is 24.3 Å². The topological polar surface area (TPSA) is 92.4 Å². The Kier molecular flexibility index (Phi) is 4.36. The molecular weight excluding hydrogens is 240 g/mol. The first-order chi connectivity index (χ1) is 7.82. The Labute approximate surface area is 102 Å². The van der Waals surface area contributed by atoms with E-state index in [2.05, 4.69) is 5.32 Å². The lowest BCUT2D eigenvalue weighted by molar-refractivity contribution is 0.189. The smallest absolute Gasteiger partial charge is 0.177 e. The van der Waals surface area contributed by atoms with Crippen LogP contribution in [0.25, 0.3) is 0 Å². The first-order valence-electron chi connectivity index (χ1n) is 5.33. The van der Waals surface area contributed by atoms with E-state index in [1.165, 1.54) is 6.07 Å². The summed E-state index contributed by atoms with van der Waals surface area (Å²) in [4.78, 5) is 0.125. The van der Waals surface area contributed by atoms with Gasteiger partial charge in [0.05, 0.1) is 22.4 Å². The van der Waals surface area contributed by atoms with Crippen LogP contribution in [0.15, 0.2) is 23.1 Å². The van der Waals surface area contributed by atoms with Gasteiger partial charge < -0.3 is 16.2 Å². The van der Waals surface area contributed by atoms with Gasteiger partial charge in [0.2, 0.25) is 0 Å². The molecule has 0 aliphatic rings. The second-order valence-electron chi connectivity index (χ2n) is 4.05. The first kappa shape index (κ1) is 13.8. The largest absolute Gasteiger partial charge is 0.396 e. The summed E-state index contributed by atoms with van der Waals surface area (Å²) < 4.78 is 22.9. The minimum Gasteiger partial charge on any atom is -0.396 e. The Hall–Kier alpha value is -1.27. The van der Waals surface area contributed by atoms with Crippen LogP contribution < -0.4 is 11.1 Å². The highest BCUT2D eigenvalue weighted by Gasteiger charge is 2.13. The van der Waals surface area contributed by atoms with Gasteiger partial charge in [-0.15, -0.1) is 0 Å². The van der Waals surface area contributed by atoms with Crippen molar-refractivity contribution in [2.24, 2.45) is 0 Å². The third-order valence-corrected chi connectivity index (χ3v) is 3.50. The van der Waals surface area contributed by atoms with Crippen molar-refractivity contribution in [3.05, 3.63) is 18.2 Å². The number of aliphatic hydroxyl groups excluding tert-OH is 1. The molecule has 0 spiro atoms. The van der Waals surface area contributed by atoms with Crippen LogP contribution >= 0.6 is 0 Å². The van der Waals surface area contributed by atoms with Crippen molar-refractivity contribution >= 4 is 21.2 Å². The number of hydrogen-bond donors (Lipinski definition) is 3. The molecule has 6 heteroatoms. The van der Waals surface area contributed by atoms with Crippen LogP contribution in [0.3, 0.4) is 0 Å². The number of nitrogen functional groups attached to an aromatic ring is 1. The van der Waals surface area contributed by atoms with Crippen LogP contribution in [0, 0.1) is 0 Å². The second kappa shape index (κ2) is 5.37. The zero-order valence-electron chi connectivity index (χ0n) is 9.97. The minimum absolute atomic E-state index is 0.125. The van der Waals surface area contributed by atoms with Gasteiger partial charge in [-0.3, -0.25) is 0 Å². The highest BCUT2D eigenvalue weighted by Crippen LogP contribution is 2.26. The van der Waals surface area contributed by atoms with E-state index >= 15 is 0 Å². The number of nitrogens with one attached hydrogen (secondary N) is 1. The molecule has 0 fully saturated rings. The number of benzene rings is 1. The van der Waals surface area contributed by atoms with Crippen molar-refractivity contribution in [2.75, 3.05) is 23.9 Å². The van der Waals surface area contributed by atoms with Crippen LogP contribution in [0.5, 0.6) is 0 Å². The zero-order valence-corrected chi connectivity index (χ0v) is 10.8. The van der Waals surface area contributed by atoms with Gasteiger partial charge in [0.15, 0.2) is 9.84 Å². The average molecular weight is 258 g/mol. The fourth-order valence-electron chi connectivity index (χ4n) is 1.44. The first-order valence-corrected chi connectivity index (χ1v) is 7.22. The number of para-hydroxylation sites is 1. The summed E-state index contributed by atoms with van der Waals surface area (Å²) in [5, 5.41) is 12.1. The normalized spacial score (nSPS) is 13.4. The van der Waals surface area contributed by atoms with Gasteiger partial charge in [0.1, 0.15) is 0 Å². The summed E-state index contributed by atoms with van der Waals surface area (Å²) in [6, 6.07) is 4.83. The molecule has 0 saturated heterocycles. The maximum absolute atomic E-state index is 11.4. The van der Waals surface area contributed by atoms with Gasteiger partial charge in [-0.2, -0.15) is 0 Å². The monoisotopic (exact) mass is 258 g/mol. The third-order valence-electron chi connectivity index (χ3n) is 2.34. The van der Waals surface area contributed by atoms with E-state index < -0.39 is 15.9 Å². The fourth-order valence-corrected chi connectivity index (χ4v) is 2.27. The molecule has 0 saturated carbocycles. The molecule has 1 unspecified atom stereocenters. The number of anilines is 2. The fraction of sp³-hybridized carbons (Fsp3) is 0.455. The van der Waals surface area contributed by atoms with Gasteiger partial charge in [-0.05, 0) is 25.5 Å². The van der Waals surface area contributed by atoms with Crippen LogP contribution in [0.2, 0.25) is 0 Å². The van der Waals surface area contributed by atoms with E-state index in [1.54, 1.807) is 19.1 Å². The van der Waals surface area contributed by atoms with Gasteiger partial charge in [0, 0.05) is 12.8 Å². The summed E-state index contributed by atoms with van der Waals surface area (Å²) >= 11 is 0. The lowest BCUT2D eigenvalue weighted by atomic mass is 10.2. The van der Waals surface area contributed by atoms with Crippen molar-refractivity contribution in [1.82, 2.24) is 0 Å². The molecule has 0 bridgehead atoms. The maximum Gasteiger partial charge on any atom is 0.177 e. The molecular formula is C11H18N2O3S. The molecule has 4 N–H and O–H groups in total. The molecule has 0 amide bonds. The van der Waals surface area contributed by atoms with Crippen molar-refractivity contribution in [1.29, 1.82) is 0 Å². The van der Waals surface area contributed by atoms with E-state index in [0.29, 0.717) is 18.7 Å². The van der Waals surface area contributed by atoms with E-state index in [1.807, 2.05) is 0 Å². The Morgan fingerprint density at radius 2 is 2.12 bits per heavy atom. The van der Waals surface area contributed by atoms with Crippen molar-refractivity contribution in [3.63, 3.8) is 0 Å². The van der Waals surface area contributed by atoms with E-state index in [-0.39, 0.29) is 10.6 Å². The van der Waals surface area contributed by atoms with Gasteiger partial charge in [-0.25, -0.2) is 8.42 Å². The van der Waals surface area contributed by atoms with Crippen LogP contribution in [-0.4, -0.2) is 32.4 Å². The molecule has 1 aromatic rings. The maximum atomic E-state index is 11.4. The SMILES string of the molecule is CC(O)CCNc1cccc(S(C)(=O)=O)c1N. The Bertz CT molecular complexity index is 483. The molecule has 0 aromatic heterocycles. The molecule has 17 heavy (non-hydrogen) atoms. The van der Waals surface area contributed by atoms with Crippen LogP contribution in [-0.2, 0) is 9.84 Å². The molecule has 0 aliphatic carbocycles. The summed E-state index contributed by atoms with van der Waals surface area (Å²) in [6.45, 7) is 2.23. The highest BCUT2D eigenvalue weighted by molar-refractivity contribution is 7.90. The number of nitrogens with two attached hydrogens (primary N) is 1. The quantitative estimate of drug-likeness (QED) is 0.681. The summed E-state index contributed by atoms with van der Waals surface area (Å²) in [7, 11) is -3.31. The Balaban J connectivity index is 2.88.